The second-order valence-corrected chi connectivity index (χ2v) is 8.03. The number of ether oxygens (including phenoxy) is 3. The fourth-order valence-corrected chi connectivity index (χ4v) is 4.50. The van der Waals surface area contributed by atoms with E-state index in [1.807, 2.05) is 24.3 Å². The Morgan fingerprint density at radius 1 is 0.935 bits per heavy atom. The molecule has 0 radical (unpaired) electrons. The van der Waals surface area contributed by atoms with E-state index in [4.69, 9.17) is 25.8 Å². The van der Waals surface area contributed by atoms with Crippen LogP contribution in [0, 0.1) is 0 Å². The minimum Gasteiger partial charge on any atom is -0.504 e. The van der Waals surface area contributed by atoms with E-state index in [0.29, 0.717) is 23.1 Å². The minimum atomic E-state index is -0.00787. The zero-order chi connectivity index (χ0) is 22.0. The minimum absolute atomic E-state index is 0.00787. The summed E-state index contributed by atoms with van der Waals surface area (Å²) in [6, 6.07) is 17.6. The van der Waals surface area contributed by atoms with Crippen LogP contribution in [0.2, 0.25) is 5.02 Å². The van der Waals surface area contributed by atoms with Gasteiger partial charge in [-0.25, -0.2) is 0 Å². The second kappa shape index (κ2) is 9.08. The van der Waals surface area contributed by atoms with E-state index in [1.165, 1.54) is 11.1 Å². The molecule has 0 saturated carbocycles. The van der Waals surface area contributed by atoms with Crippen molar-refractivity contribution in [1.29, 1.82) is 0 Å². The van der Waals surface area contributed by atoms with Crippen LogP contribution in [0.15, 0.2) is 54.6 Å². The lowest BCUT2D eigenvalue weighted by atomic mass is 9.87. The molecule has 0 aromatic heterocycles. The van der Waals surface area contributed by atoms with Gasteiger partial charge in [0.05, 0.1) is 27.4 Å². The molecule has 1 aliphatic heterocycles. The summed E-state index contributed by atoms with van der Waals surface area (Å²) >= 11 is 6.35. The molecule has 0 spiro atoms. The molecule has 5 nitrogen and oxygen atoms in total. The Hall–Kier alpha value is -2.89. The molecule has 0 bridgehead atoms. The fraction of sp³-hybridized carbons (Fsp3) is 0.280. The van der Waals surface area contributed by atoms with Crippen molar-refractivity contribution in [3.05, 3.63) is 81.9 Å². The number of phenols is 1. The summed E-state index contributed by atoms with van der Waals surface area (Å²) in [6.45, 7) is 1.52. The van der Waals surface area contributed by atoms with Crippen LogP contribution < -0.4 is 14.2 Å². The number of phenolic OH excluding ortho intramolecular Hbond substituents is 1. The summed E-state index contributed by atoms with van der Waals surface area (Å²) in [4.78, 5) is 2.39. The van der Waals surface area contributed by atoms with Crippen LogP contribution in [0.4, 0.5) is 0 Å². The molecule has 3 aromatic rings. The third-order valence-corrected chi connectivity index (χ3v) is 6.00. The van der Waals surface area contributed by atoms with Crippen LogP contribution in [-0.2, 0) is 13.0 Å². The van der Waals surface area contributed by atoms with Gasteiger partial charge in [-0.2, -0.15) is 0 Å². The quantitative estimate of drug-likeness (QED) is 0.570. The highest BCUT2D eigenvalue weighted by Gasteiger charge is 2.30. The molecule has 0 saturated heterocycles. The zero-order valence-corrected chi connectivity index (χ0v) is 18.6. The highest BCUT2D eigenvalue weighted by molar-refractivity contribution is 6.30. The Morgan fingerprint density at radius 2 is 1.68 bits per heavy atom. The van der Waals surface area contributed by atoms with Gasteiger partial charge >= 0.3 is 0 Å². The van der Waals surface area contributed by atoms with Gasteiger partial charge in [-0.05, 0) is 65.1 Å². The molecule has 1 aliphatic rings. The Bertz CT molecular complexity index is 1090. The molecule has 3 aromatic carbocycles. The van der Waals surface area contributed by atoms with Gasteiger partial charge in [0.15, 0.2) is 23.0 Å². The maximum Gasteiger partial charge on any atom is 0.161 e. The van der Waals surface area contributed by atoms with E-state index in [2.05, 4.69) is 23.1 Å². The van der Waals surface area contributed by atoms with Crippen molar-refractivity contribution < 1.29 is 19.3 Å². The largest absolute Gasteiger partial charge is 0.504 e. The van der Waals surface area contributed by atoms with Crippen LogP contribution >= 0.6 is 11.6 Å². The van der Waals surface area contributed by atoms with Crippen LogP contribution in [0.1, 0.15) is 28.3 Å². The number of halogens is 1. The van der Waals surface area contributed by atoms with Crippen molar-refractivity contribution in [1.82, 2.24) is 4.90 Å². The van der Waals surface area contributed by atoms with Gasteiger partial charge in [-0.15, -0.1) is 0 Å². The lowest BCUT2D eigenvalue weighted by Crippen LogP contribution is -2.35. The van der Waals surface area contributed by atoms with Gasteiger partial charge in [-0.1, -0.05) is 29.8 Å². The van der Waals surface area contributed by atoms with Gasteiger partial charge in [0.1, 0.15) is 0 Å². The molecule has 0 fully saturated rings. The molecular formula is C25H26ClNO4. The first-order valence-electron chi connectivity index (χ1n) is 10.1. The molecule has 162 valence electrons. The van der Waals surface area contributed by atoms with Crippen LogP contribution in [-0.4, -0.2) is 37.9 Å². The van der Waals surface area contributed by atoms with Crippen LogP contribution in [0.5, 0.6) is 23.0 Å². The van der Waals surface area contributed by atoms with Gasteiger partial charge in [-0.3, -0.25) is 4.90 Å². The standard InChI is InChI=1S/C25H26ClNO4/c1-29-22-8-7-16(11-21(22)28)15-27-10-9-17-13-23(30-2)24(31-3)14-20(17)25(27)18-5-4-6-19(26)12-18/h4-8,11-14,25,28H,9-10,15H2,1-3H3. The number of hydrogen-bond acceptors (Lipinski definition) is 5. The highest BCUT2D eigenvalue weighted by Crippen LogP contribution is 2.42. The average molecular weight is 440 g/mol. The molecule has 0 aliphatic carbocycles. The van der Waals surface area contributed by atoms with E-state index in [-0.39, 0.29) is 11.8 Å². The number of rotatable bonds is 6. The zero-order valence-electron chi connectivity index (χ0n) is 17.9. The van der Waals surface area contributed by atoms with Crippen molar-refractivity contribution in [3.63, 3.8) is 0 Å². The average Bonchev–Trinajstić information content (AvgIpc) is 2.78. The van der Waals surface area contributed by atoms with E-state index in [0.717, 1.165) is 29.8 Å². The Morgan fingerprint density at radius 3 is 2.35 bits per heavy atom. The third kappa shape index (κ3) is 4.29. The van der Waals surface area contributed by atoms with E-state index in [9.17, 15) is 5.11 Å². The molecular weight excluding hydrogens is 414 g/mol. The molecule has 31 heavy (non-hydrogen) atoms. The van der Waals surface area contributed by atoms with E-state index in [1.54, 1.807) is 33.5 Å². The Labute approximate surface area is 187 Å². The van der Waals surface area contributed by atoms with Gasteiger partial charge < -0.3 is 19.3 Å². The SMILES string of the molecule is COc1ccc(CN2CCc3cc(OC)c(OC)cc3C2c2cccc(Cl)c2)cc1O. The molecule has 4 rings (SSSR count). The molecule has 1 atom stereocenters. The maximum absolute atomic E-state index is 10.2. The smallest absolute Gasteiger partial charge is 0.161 e. The van der Waals surface area contributed by atoms with Crippen molar-refractivity contribution >= 4 is 11.6 Å². The first-order chi connectivity index (χ1) is 15.0. The summed E-state index contributed by atoms with van der Waals surface area (Å²) in [5.41, 5.74) is 4.52. The lowest BCUT2D eigenvalue weighted by molar-refractivity contribution is 0.203. The monoisotopic (exact) mass is 439 g/mol. The summed E-state index contributed by atoms with van der Waals surface area (Å²) in [5, 5.41) is 10.9. The first-order valence-corrected chi connectivity index (χ1v) is 10.5. The summed E-state index contributed by atoms with van der Waals surface area (Å²) < 4.78 is 16.3. The molecule has 1 unspecified atom stereocenters. The van der Waals surface area contributed by atoms with Gasteiger partial charge in [0.25, 0.3) is 0 Å². The van der Waals surface area contributed by atoms with Crippen molar-refractivity contribution in [3.8, 4) is 23.0 Å². The number of benzene rings is 3. The Kier molecular flexibility index (Phi) is 6.25. The predicted octanol–water partition coefficient (Wildman–Crippen LogP) is 5.22. The van der Waals surface area contributed by atoms with Crippen molar-refractivity contribution in [2.75, 3.05) is 27.9 Å². The maximum atomic E-state index is 10.2. The second-order valence-electron chi connectivity index (χ2n) is 7.59. The van der Waals surface area contributed by atoms with Crippen molar-refractivity contribution in [2.45, 2.75) is 19.0 Å². The van der Waals surface area contributed by atoms with E-state index >= 15 is 0 Å². The van der Waals surface area contributed by atoms with Crippen molar-refractivity contribution in [2.24, 2.45) is 0 Å². The first kappa shape index (κ1) is 21.3. The lowest BCUT2D eigenvalue weighted by Gasteiger charge is -2.38. The number of aromatic hydroxyl groups is 1. The number of methoxy groups -OCH3 is 3. The predicted molar refractivity (Wildman–Crippen MR) is 122 cm³/mol. The number of nitrogens with zero attached hydrogens (tertiary/aromatic N) is 1. The fourth-order valence-electron chi connectivity index (χ4n) is 4.30. The summed E-state index contributed by atoms with van der Waals surface area (Å²) in [5.74, 6) is 2.05. The normalized spacial score (nSPS) is 15.9. The summed E-state index contributed by atoms with van der Waals surface area (Å²) in [6.07, 6.45) is 0.884. The third-order valence-electron chi connectivity index (χ3n) is 5.77. The summed E-state index contributed by atoms with van der Waals surface area (Å²) in [7, 11) is 4.86. The van der Waals surface area contributed by atoms with Gasteiger partial charge in [0.2, 0.25) is 0 Å². The van der Waals surface area contributed by atoms with Gasteiger partial charge in [0, 0.05) is 18.1 Å². The Balaban J connectivity index is 1.78. The molecule has 0 amide bonds. The number of hydrogen-bond donors (Lipinski definition) is 1. The topological polar surface area (TPSA) is 51.2 Å². The molecule has 1 heterocycles. The molecule has 6 heteroatoms. The highest BCUT2D eigenvalue weighted by atomic mass is 35.5. The molecule has 1 N–H and O–H groups in total. The van der Waals surface area contributed by atoms with Crippen LogP contribution in [0.3, 0.4) is 0 Å². The van der Waals surface area contributed by atoms with Crippen LogP contribution in [0.25, 0.3) is 0 Å². The number of fused-ring (bicyclic) bond motifs is 1. The van der Waals surface area contributed by atoms with E-state index < -0.39 is 0 Å².